The first-order valence-corrected chi connectivity index (χ1v) is 9.34. The molecule has 1 unspecified atom stereocenters. The van der Waals surface area contributed by atoms with E-state index in [9.17, 15) is 5.11 Å². The molecule has 0 amide bonds. The van der Waals surface area contributed by atoms with Gasteiger partial charge in [0.25, 0.3) is 0 Å². The number of hydrogen-bond donors (Lipinski definition) is 1. The van der Waals surface area contributed by atoms with Gasteiger partial charge < -0.3 is 9.84 Å². The first-order chi connectivity index (χ1) is 10.8. The first kappa shape index (κ1) is 16.4. The summed E-state index contributed by atoms with van der Waals surface area (Å²) in [6.45, 7) is 1.64. The second kappa shape index (κ2) is 7.91. The quantitative estimate of drug-likeness (QED) is 0.860. The van der Waals surface area contributed by atoms with Gasteiger partial charge in [-0.05, 0) is 37.3 Å². The zero-order valence-electron chi connectivity index (χ0n) is 13.1. The van der Waals surface area contributed by atoms with Gasteiger partial charge in [-0.1, -0.05) is 53.4 Å². The molecule has 1 aliphatic heterocycles. The van der Waals surface area contributed by atoms with E-state index in [-0.39, 0.29) is 12.3 Å². The minimum atomic E-state index is -0.332. The van der Waals surface area contributed by atoms with E-state index >= 15 is 0 Å². The number of benzene rings is 1. The third-order valence-electron chi connectivity index (χ3n) is 5.00. The van der Waals surface area contributed by atoms with E-state index < -0.39 is 0 Å². The average Bonchev–Trinajstić information content (AvgIpc) is 2.91. The van der Waals surface area contributed by atoms with Crippen molar-refractivity contribution in [1.29, 1.82) is 0 Å². The van der Waals surface area contributed by atoms with E-state index in [1.165, 1.54) is 37.7 Å². The van der Waals surface area contributed by atoms with Gasteiger partial charge in [0.1, 0.15) is 6.23 Å². The summed E-state index contributed by atoms with van der Waals surface area (Å²) < 4.78 is 7.23. The second-order valence-corrected chi connectivity index (χ2v) is 7.34. The largest absolute Gasteiger partial charge is 0.389 e. The van der Waals surface area contributed by atoms with Gasteiger partial charge in [-0.15, -0.1) is 0 Å². The molecule has 1 aromatic rings. The molecule has 1 saturated carbocycles. The summed E-state index contributed by atoms with van der Waals surface area (Å²) in [5.74, 6) is 0. The van der Waals surface area contributed by atoms with E-state index in [1.807, 2.05) is 6.07 Å². The van der Waals surface area contributed by atoms with E-state index in [0.29, 0.717) is 12.6 Å². The van der Waals surface area contributed by atoms with Crippen molar-refractivity contribution in [3.63, 3.8) is 0 Å². The summed E-state index contributed by atoms with van der Waals surface area (Å²) in [6, 6.07) is 8.88. The van der Waals surface area contributed by atoms with Gasteiger partial charge >= 0.3 is 0 Å². The summed E-state index contributed by atoms with van der Waals surface area (Å²) in [5.41, 5.74) is 1.26. The minimum absolute atomic E-state index is 0.106. The van der Waals surface area contributed by atoms with Crippen LogP contribution in [-0.4, -0.2) is 41.5 Å². The summed E-state index contributed by atoms with van der Waals surface area (Å²) in [7, 11) is 0. The molecule has 0 spiro atoms. The molecule has 1 N–H and O–H groups in total. The molecule has 4 heteroatoms. The van der Waals surface area contributed by atoms with E-state index in [2.05, 4.69) is 39.0 Å². The van der Waals surface area contributed by atoms with Crippen LogP contribution in [0.4, 0.5) is 0 Å². The van der Waals surface area contributed by atoms with Crippen LogP contribution in [0.5, 0.6) is 0 Å². The second-order valence-electron chi connectivity index (χ2n) is 6.49. The molecule has 122 valence electrons. The lowest BCUT2D eigenvalue weighted by Gasteiger charge is -2.35. The molecule has 1 saturated heterocycles. The monoisotopic (exact) mass is 367 g/mol. The van der Waals surface area contributed by atoms with E-state index in [4.69, 9.17) is 4.74 Å². The number of hydrogen-bond acceptors (Lipinski definition) is 3. The molecule has 1 heterocycles. The third kappa shape index (κ3) is 3.91. The van der Waals surface area contributed by atoms with Gasteiger partial charge in [0.15, 0.2) is 0 Å². The molecule has 0 radical (unpaired) electrons. The van der Waals surface area contributed by atoms with Crippen molar-refractivity contribution in [3.8, 4) is 0 Å². The van der Waals surface area contributed by atoms with Crippen molar-refractivity contribution in [3.05, 3.63) is 34.3 Å². The molecule has 0 aromatic heterocycles. The highest BCUT2D eigenvalue weighted by Gasteiger charge is 2.37. The lowest BCUT2D eigenvalue weighted by atomic mass is 9.94. The number of nitrogens with zero attached hydrogens (tertiary/aromatic N) is 1. The summed E-state index contributed by atoms with van der Waals surface area (Å²) in [6.07, 6.45) is 7.81. The zero-order valence-corrected chi connectivity index (χ0v) is 14.7. The number of likely N-dealkylation sites (tertiary alicyclic amines) is 1. The summed E-state index contributed by atoms with van der Waals surface area (Å²) in [4.78, 5) is 2.42. The highest BCUT2D eigenvalue weighted by molar-refractivity contribution is 9.10. The van der Waals surface area contributed by atoms with Crippen LogP contribution in [-0.2, 0) is 11.2 Å². The smallest absolute Gasteiger partial charge is 0.137 e. The molecule has 22 heavy (non-hydrogen) atoms. The van der Waals surface area contributed by atoms with Crippen molar-refractivity contribution in [2.24, 2.45) is 0 Å². The Bertz CT molecular complexity index is 476. The third-order valence-corrected chi connectivity index (χ3v) is 5.77. The predicted molar refractivity (Wildman–Crippen MR) is 91.8 cm³/mol. The van der Waals surface area contributed by atoms with E-state index in [1.54, 1.807) is 0 Å². The molecule has 1 aromatic carbocycles. The minimum Gasteiger partial charge on any atom is -0.389 e. The maximum atomic E-state index is 10.3. The Labute approximate surface area is 141 Å². The van der Waals surface area contributed by atoms with Crippen molar-refractivity contribution in [2.45, 2.75) is 63.3 Å². The molecule has 2 atom stereocenters. The standard InChI is InChI=1S/C18H26BrNO2/c19-16-9-5-4-6-14(16)11-13-22-18-17(21)10-12-20(18)15-7-2-1-3-8-15/h4-6,9,15,17-18,21H,1-3,7-8,10-13H2/t17?,18-/m0/s1. The normalized spacial score (nSPS) is 27.4. The highest BCUT2D eigenvalue weighted by atomic mass is 79.9. The molecule has 2 aliphatic rings. The summed E-state index contributed by atoms with van der Waals surface area (Å²) in [5, 5.41) is 10.3. The SMILES string of the molecule is OC1CCN(C2CCCCC2)[C@H]1OCCc1ccccc1Br. The maximum Gasteiger partial charge on any atom is 0.137 e. The fourth-order valence-electron chi connectivity index (χ4n) is 3.77. The van der Waals surface area contributed by atoms with Crippen LogP contribution in [0, 0.1) is 0 Å². The topological polar surface area (TPSA) is 32.7 Å². The molecular weight excluding hydrogens is 342 g/mol. The van der Waals surface area contributed by atoms with Crippen molar-refractivity contribution >= 4 is 15.9 Å². The first-order valence-electron chi connectivity index (χ1n) is 8.54. The number of aliphatic hydroxyl groups excluding tert-OH is 1. The Hall–Kier alpha value is -0.420. The van der Waals surface area contributed by atoms with Crippen molar-refractivity contribution in [2.75, 3.05) is 13.2 Å². The predicted octanol–water partition coefficient (Wildman–Crippen LogP) is 3.73. The van der Waals surface area contributed by atoms with Crippen molar-refractivity contribution in [1.82, 2.24) is 4.90 Å². The molecule has 3 rings (SSSR count). The van der Waals surface area contributed by atoms with Gasteiger partial charge in [0, 0.05) is 17.1 Å². The maximum absolute atomic E-state index is 10.3. The highest BCUT2D eigenvalue weighted by Crippen LogP contribution is 2.30. The summed E-state index contributed by atoms with van der Waals surface area (Å²) >= 11 is 3.58. The van der Waals surface area contributed by atoms with Crippen LogP contribution in [0.25, 0.3) is 0 Å². The van der Waals surface area contributed by atoms with Gasteiger partial charge in [-0.3, -0.25) is 4.90 Å². The molecule has 2 fully saturated rings. The molecule has 0 bridgehead atoms. The van der Waals surface area contributed by atoms with Crippen LogP contribution >= 0.6 is 15.9 Å². The van der Waals surface area contributed by atoms with Crippen molar-refractivity contribution < 1.29 is 9.84 Å². The average molecular weight is 368 g/mol. The van der Waals surface area contributed by atoms with Crippen LogP contribution in [0.1, 0.15) is 44.1 Å². The Morgan fingerprint density at radius 3 is 2.68 bits per heavy atom. The molecular formula is C18H26BrNO2. The zero-order chi connectivity index (χ0) is 15.4. The van der Waals surface area contributed by atoms with Gasteiger partial charge in [-0.25, -0.2) is 0 Å². The Morgan fingerprint density at radius 1 is 1.14 bits per heavy atom. The Balaban J connectivity index is 1.54. The van der Waals surface area contributed by atoms with Crippen LogP contribution in [0.2, 0.25) is 0 Å². The Morgan fingerprint density at radius 2 is 1.91 bits per heavy atom. The molecule has 1 aliphatic carbocycles. The number of rotatable bonds is 5. The van der Waals surface area contributed by atoms with Gasteiger partial charge in [-0.2, -0.15) is 0 Å². The number of halogens is 1. The lowest BCUT2D eigenvalue weighted by Crippen LogP contribution is -2.45. The number of ether oxygens (including phenoxy) is 1. The van der Waals surface area contributed by atoms with Crippen LogP contribution in [0.3, 0.4) is 0 Å². The molecule has 3 nitrogen and oxygen atoms in total. The van der Waals surface area contributed by atoms with Gasteiger partial charge in [0.2, 0.25) is 0 Å². The fraction of sp³-hybridized carbons (Fsp3) is 0.667. The van der Waals surface area contributed by atoms with Crippen LogP contribution in [0.15, 0.2) is 28.7 Å². The van der Waals surface area contributed by atoms with E-state index in [0.717, 1.165) is 23.9 Å². The number of aliphatic hydroxyl groups is 1. The fourth-order valence-corrected chi connectivity index (χ4v) is 4.26. The lowest BCUT2D eigenvalue weighted by molar-refractivity contribution is -0.104. The van der Waals surface area contributed by atoms with Crippen LogP contribution < -0.4 is 0 Å². The van der Waals surface area contributed by atoms with Gasteiger partial charge in [0.05, 0.1) is 12.7 Å². The Kier molecular flexibility index (Phi) is 5.91.